The second-order valence-corrected chi connectivity index (χ2v) is 7.80. The maximum Gasteiger partial charge on any atom is 0.191 e. The summed E-state index contributed by atoms with van der Waals surface area (Å²) in [4.78, 5) is 9.94. The predicted octanol–water partition coefficient (Wildman–Crippen LogP) is 1.15. The summed E-state index contributed by atoms with van der Waals surface area (Å²) in [5.41, 5.74) is 0.222. The lowest BCUT2D eigenvalue weighted by molar-refractivity contribution is -0.0333. The van der Waals surface area contributed by atoms with E-state index in [-0.39, 0.29) is 5.54 Å². The molecule has 0 aromatic rings. The Balaban J connectivity index is 1.91. The molecule has 1 aliphatic heterocycles. The van der Waals surface area contributed by atoms with Crippen LogP contribution in [0.2, 0.25) is 0 Å². The molecule has 1 heterocycles. The normalized spacial score (nSPS) is 21.4. The van der Waals surface area contributed by atoms with Crippen LogP contribution in [0.4, 0.5) is 0 Å². The third-order valence-corrected chi connectivity index (χ3v) is 5.80. The zero-order chi connectivity index (χ0) is 19.4. The van der Waals surface area contributed by atoms with Crippen molar-refractivity contribution in [1.29, 1.82) is 0 Å². The number of nitrogens with zero attached hydrogens (tertiary/aromatic N) is 3. The molecule has 0 radical (unpaired) electrons. The average molecular weight is 384 g/mol. The number of ether oxygens (including phenoxy) is 2. The van der Waals surface area contributed by atoms with Gasteiger partial charge in [0.15, 0.2) is 5.96 Å². The maximum atomic E-state index is 5.59. The lowest BCUT2D eigenvalue weighted by atomic mass is 9.80. The summed E-state index contributed by atoms with van der Waals surface area (Å²) in [6.45, 7) is 11.3. The molecular formula is C20H41N5O2. The molecular weight excluding hydrogens is 342 g/mol. The molecule has 2 aliphatic rings. The molecule has 0 bridgehead atoms. The Morgan fingerprint density at radius 1 is 1.15 bits per heavy atom. The second kappa shape index (κ2) is 12.5. The Morgan fingerprint density at radius 2 is 1.89 bits per heavy atom. The van der Waals surface area contributed by atoms with Crippen LogP contribution in [0.15, 0.2) is 4.99 Å². The zero-order valence-corrected chi connectivity index (χ0v) is 17.8. The van der Waals surface area contributed by atoms with Gasteiger partial charge in [0.1, 0.15) is 0 Å². The molecule has 2 fully saturated rings. The van der Waals surface area contributed by atoms with Gasteiger partial charge in [-0.2, -0.15) is 0 Å². The summed E-state index contributed by atoms with van der Waals surface area (Å²) in [6, 6.07) is 0. The van der Waals surface area contributed by atoms with E-state index in [0.29, 0.717) is 0 Å². The summed E-state index contributed by atoms with van der Waals surface area (Å²) < 4.78 is 10.7. The van der Waals surface area contributed by atoms with E-state index in [1.165, 1.54) is 32.1 Å². The maximum absolute atomic E-state index is 5.59. The minimum absolute atomic E-state index is 0.222. The molecule has 0 spiro atoms. The van der Waals surface area contributed by atoms with Crippen LogP contribution >= 0.6 is 0 Å². The number of guanidine groups is 1. The minimum Gasteiger partial charge on any atom is -0.383 e. The van der Waals surface area contributed by atoms with Crippen LogP contribution in [0.1, 0.15) is 39.0 Å². The molecule has 2 rings (SSSR count). The molecule has 1 saturated heterocycles. The SMILES string of the molecule is CCNC(=NCC1(N2CCOCC2)CCCCC1)NCCN(C)CCOC. The summed E-state index contributed by atoms with van der Waals surface area (Å²) in [6.07, 6.45) is 6.52. The number of nitrogens with one attached hydrogen (secondary N) is 2. The fourth-order valence-corrected chi connectivity index (χ4v) is 4.11. The van der Waals surface area contributed by atoms with E-state index in [0.717, 1.165) is 71.6 Å². The van der Waals surface area contributed by atoms with Crippen LogP contribution in [0.25, 0.3) is 0 Å². The highest BCUT2D eigenvalue weighted by molar-refractivity contribution is 5.79. The monoisotopic (exact) mass is 383 g/mol. The molecule has 7 heteroatoms. The Labute approximate surface area is 165 Å². The van der Waals surface area contributed by atoms with Gasteiger partial charge in [0.05, 0.1) is 26.4 Å². The first-order chi connectivity index (χ1) is 13.2. The van der Waals surface area contributed by atoms with Crippen molar-refractivity contribution in [2.45, 2.75) is 44.6 Å². The van der Waals surface area contributed by atoms with Crippen molar-refractivity contribution in [3.63, 3.8) is 0 Å². The van der Waals surface area contributed by atoms with Crippen LogP contribution in [-0.4, -0.2) is 101 Å². The first kappa shape index (κ1) is 22.4. The molecule has 0 unspecified atom stereocenters. The average Bonchev–Trinajstić information content (AvgIpc) is 2.72. The van der Waals surface area contributed by atoms with Crippen LogP contribution < -0.4 is 10.6 Å². The molecule has 0 aromatic carbocycles. The van der Waals surface area contributed by atoms with Crippen molar-refractivity contribution >= 4 is 5.96 Å². The van der Waals surface area contributed by atoms with Crippen LogP contribution in [-0.2, 0) is 9.47 Å². The molecule has 158 valence electrons. The van der Waals surface area contributed by atoms with Crippen molar-refractivity contribution < 1.29 is 9.47 Å². The van der Waals surface area contributed by atoms with Crippen LogP contribution in [0, 0.1) is 0 Å². The van der Waals surface area contributed by atoms with Gasteiger partial charge in [0, 0.05) is 51.9 Å². The Hall–Kier alpha value is -0.890. The van der Waals surface area contributed by atoms with Gasteiger partial charge in [-0.25, -0.2) is 0 Å². The van der Waals surface area contributed by atoms with Crippen LogP contribution in [0.5, 0.6) is 0 Å². The van der Waals surface area contributed by atoms with Crippen molar-refractivity contribution in [1.82, 2.24) is 20.4 Å². The van der Waals surface area contributed by atoms with E-state index in [9.17, 15) is 0 Å². The Morgan fingerprint density at radius 3 is 2.56 bits per heavy atom. The topological polar surface area (TPSA) is 61.4 Å². The lowest BCUT2D eigenvalue weighted by Gasteiger charge is -2.47. The summed E-state index contributed by atoms with van der Waals surface area (Å²) in [5, 5.41) is 6.91. The number of rotatable bonds is 10. The molecule has 1 aliphatic carbocycles. The van der Waals surface area contributed by atoms with E-state index in [1.807, 2.05) is 0 Å². The van der Waals surface area contributed by atoms with E-state index >= 15 is 0 Å². The fourth-order valence-electron chi connectivity index (χ4n) is 4.11. The standard InChI is InChI=1S/C20H41N5O2/c1-4-21-19(22-10-11-24(2)12-15-26-3)23-18-20(8-6-5-7-9-20)25-13-16-27-17-14-25/h4-18H2,1-3H3,(H2,21,22,23). The molecule has 0 amide bonds. The quantitative estimate of drug-likeness (QED) is 0.436. The summed E-state index contributed by atoms with van der Waals surface area (Å²) in [7, 11) is 3.87. The number of likely N-dealkylation sites (N-methyl/N-ethyl adjacent to an activating group) is 1. The van der Waals surface area contributed by atoms with E-state index in [1.54, 1.807) is 7.11 Å². The van der Waals surface area contributed by atoms with Gasteiger partial charge in [0.2, 0.25) is 0 Å². The molecule has 2 N–H and O–H groups in total. The van der Waals surface area contributed by atoms with E-state index in [2.05, 4.69) is 34.4 Å². The third-order valence-electron chi connectivity index (χ3n) is 5.80. The number of aliphatic imine (C=N–C) groups is 1. The molecule has 0 aromatic heterocycles. The summed E-state index contributed by atoms with van der Waals surface area (Å²) >= 11 is 0. The molecule has 27 heavy (non-hydrogen) atoms. The number of methoxy groups -OCH3 is 1. The highest BCUT2D eigenvalue weighted by Gasteiger charge is 2.38. The summed E-state index contributed by atoms with van der Waals surface area (Å²) in [5.74, 6) is 0.941. The second-order valence-electron chi connectivity index (χ2n) is 7.80. The minimum atomic E-state index is 0.222. The molecule has 7 nitrogen and oxygen atoms in total. The molecule has 0 atom stereocenters. The lowest BCUT2D eigenvalue weighted by Crippen LogP contribution is -2.56. The van der Waals surface area contributed by atoms with Gasteiger partial charge in [-0.15, -0.1) is 0 Å². The van der Waals surface area contributed by atoms with Gasteiger partial charge in [-0.3, -0.25) is 9.89 Å². The largest absolute Gasteiger partial charge is 0.383 e. The Bertz CT molecular complexity index is 421. The fraction of sp³-hybridized carbons (Fsp3) is 0.950. The van der Waals surface area contributed by atoms with Crippen molar-refractivity contribution in [3.8, 4) is 0 Å². The van der Waals surface area contributed by atoms with Gasteiger partial charge in [0.25, 0.3) is 0 Å². The van der Waals surface area contributed by atoms with Crippen molar-refractivity contribution in [2.24, 2.45) is 4.99 Å². The first-order valence-corrected chi connectivity index (χ1v) is 10.7. The smallest absolute Gasteiger partial charge is 0.191 e. The van der Waals surface area contributed by atoms with Gasteiger partial charge < -0.3 is 25.0 Å². The molecule has 1 saturated carbocycles. The van der Waals surface area contributed by atoms with E-state index < -0.39 is 0 Å². The number of hydrogen-bond acceptors (Lipinski definition) is 5. The van der Waals surface area contributed by atoms with Crippen LogP contribution in [0.3, 0.4) is 0 Å². The van der Waals surface area contributed by atoms with Crippen molar-refractivity contribution in [3.05, 3.63) is 0 Å². The first-order valence-electron chi connectivity index (χ1n) is 10.7. The highest BCUT2D eigenvalue weighted by atomic mass is 16.5. The van der Waals surface area contributed by atoms with Gasteiger partial charge in [-0.1, -0.05) is 19.3 Å². The zero-order valence-electron chi connectivity index (χ0n) is 17.8. The number of morpholine rings is 1. The van der Waals surface area contributed by atoms with Gasteiger partial charge >= 0.3 is 0 Å². The predicted molar refractivity (Wildman–Crippen MR) is 112 cm³/mol. The van der Waals surface area contributed by atoms with E-state index in [4.69, 9.17) is 14.5 Å². The Kier molecular flexibility index (Phi) is 10.4. The van der Waals surface area contributed by atoms with Crippen molar-refractivity contribution in [2.75, 3.05) is 79.8 Å². The number of hydrogen-bond donors (Lipinski definition) is 2. The third kappa shape index (κ3) is 7.56. The highest BCUT2D eigenvalue weighted by Crippen LogP contribution is 2.34. The van der Waals surface area contributed by atoms with Gasteiger partial charge in [-0.05, 0) is 26.8 Å².